The molecule has 74 valence electrons. The fourth-order valence-electron chi connectivity index (χ4n) is 2.40. The van der Waals surface area contributed by atoms with E-state index < -0.39 is 0 Å². The van der Waals surface area contributed by atoms with E-state index in [1.165, 1.54) is 32.2 Å². The summed E-state index contributed by atoms with van der Waals surface area (Å²) in [6.07, 6.45) is 7.78. The van der Waals surface area contributed by atoms with Crippen LogP contribution in [0.5, 0.6) is 0 Å². The molecule has 0 saturated carbocycles. The minimum Gasteiger partial charge on any atom is -0.372 e. The highest BCUT2D eigenvalue weighted by molar-refractivity contribution is 5.07. The van der Waals surface area contributed by atoms with Crippen LogP contribution in [0.4, 0.5) is 0 Å². The molecule has 2 aliphatic heterocycles. The lowest BCUT2D eigenvalue weighted by atomic mass is 10.0. The minimum absolute atomic E-state index is 0.776. The second-order valence-corrected chi connectivity index (χ2v) is 4.19. The third-order valence-electron chi connectivity index (χ3n) is 3.21. The van der Waals surface area contributed by atoms with Crippen molar-refractivity contribution in [1.82, 2.24) is 10.2 Å². The van der Waals surface area contributed by atoms with Gasteiger partial charge in [-0.3, -0.25) is 0 Å². The van der Waals surface area contributed by atoms with E-state index in [0.717, 1.165) is 19.1 Å². The Hall–Kier alpha value is -0.500. The first kappa shape index (κ1) is 9.07. The van der Waals surface area contributed by atoms with Gasteiger partial charge in [-0.2, -0.15) is 0 Å². The average Bonchev–Trinajstić information content (AvgIpc) is 2.20. The van der Waals surface area contributed by atoms with Crippen LogP contribution in [-0.2, 0) is 0 Å². The molecule has 1 saturated heterocycles. The number of hydrogen-bond donors (Lipinski definition) is 1. The highest BCUT2D eigenvalue weighted by Crippen LogP contribution is 2.23. The summed E-state index contributed by atoms with van der Waals surface area (Å²) in [7, 11) is 0. The zero-order valence-electron chi connectivity index (χ0n) is 8.55. The van der Waals surface area contributed by atoms with Crippen molar-refractivity contribution in [3.05, 3.63) is 11.8 Å². The van der Waals surface area contributed by atoms with Gasteiger partial charge in [-0.1, -0.05) is 6.08 Å². The van der Waals surface area contributed by atoms with Crippen LogP contribution < -0.4 is 5.32 Å². The molecule has 0 bridgehead atoms. The van der Waals surface area contributed by atoms with Crippen molar-refractivity contribution in [3.63, 3.8) is 0 Å². The Morgan fingerprint density at radius 2 is 2.38 bits per heavy atom. The second kappa shape index (κ2) is 4.14. The Morgan fingerprint density at radius 3 is 3.08 bits per heavy atom. The van der Waals surface area contributed by atoms with Crippen LogP contribution >= 0.6 is 0 Å². The lowest BCUT2D eigenvalue weighted by Crippen LogP contribution is -2.39. The zero-order valence-corrected chi connectivity index (χ0v) is 8.55. The highest BCUT2D eigenvalue weighted by Gasteiger charge is 2.20. The van der Waals surface area contributed by atoms with E-state index in [0.29, 0.717) is 0 Å². The Bertz CT molecular complexity index is 198. The quantitative estimate of drug-likeness (QED) is 0.661. The van der Waals surface area contributed by atoms with Crippen molar-refractivity contribution in [2.75, 3.05) is 19.6 Å². The molecule has 0 amide bonds. The summed E-state index contributed by atoms with van der Waals surface area (Å²) in [6, 6.07) is 0.776. The standard InChI is InChI=1S/C11H20N2/c1-10-4-2-3-9-13(10)11-5-7-12-8-6-11/h5,10,12H,2-4,6-9H2,1H3. The molecule has 0 spiro atoms. The first-order valence-electron chi connectivity index (χ1n) is 5.54. The van der Waals surface area contributed by atoms with E-state index in [4.69, 9.17) is 0 Å². The van der Waals surface area contributed by atoms with Crippen molar-refractivity contribution in [3.8, 4) is 0 Å². The lowest BCUT2D eigenvalue weighted by Gasteiger charge is -2.38. The van der Waals surface area contributed by atoms with Gasteiger partial charge in [-0.25, -0.2) is 0 Å². The van der Waals surface area contributed by atoms with E-state index in [9.17, 15) is 0 Å². The predicted molar refractivity (Wildman–Crippen MR) is 55.6 cm³/mol. The van der Waals surface area contributed by atoms with E-state index in [1.54, 1.807) is 5.70 Å². The van der Waals surface area contributed by atoms with Gasteiger partial charge in [0, 0.05) is 31.4 Å². The van der Waals surface area contributed by atoms with Crippen LogP contribution in [0.3, 0.4) is 0 Å². The maximum absolute atomic E-state index is 3.37. The molecule has 1 atom stereocenters. The fourth-order valence-corrected chi connectivity index (χ4v) is 2.40. The third-order valence-corrected chi connectivity index (χ3v) is 3.21. The van der Waals surface area contributed by atoms with Crippen LogP contribution in [0, 0.1) is 0 Å². The molecule has 13 heavy (non-hydrogen) atoms. The molecule has 2 heterocycles. The van der Waals surface area contributed by atoms with Gasteiger partial charge < -0.3 is 10.2 Å². The molecular formula is C11H20N2. The zero-order chi connectivity index (χ0) is 9.10. The fraction of sp³-hybridized carbons (Fsp3) is 0.818. The molecule has 0 aromatic carbocycles. The third kappa shape index (κ3) is 2.05. The van der Waals surface area contributed by atoms with Crippen molar-refractivity contribution < 1.29 is 0 Å². The summed E-state index contributed by atoms with van der Waals surface area (Å²) in [5, 5.41) is 3.37. The maximum atomic E-state index is 3.37. The Kier molecular flexibility index (Phi) is 2.89. The van der Waals surface area contributed by atoms with Crippen molar-refractivity contribution in [2.45, 2.75) is 38.6 Å². The molecule has 1 unspecified atom stereocenters. The van der Waals surface area contributed by atoms with Gasteiger partial charge in [0.1, 0.15) is 0 Å². The van der Waals surface area contributed by atoms with Crippen LogP contribution in [0.25, 0.3) is 0 Å². The molecule has 0 radical (unpaired) electrons. The summed E-state index contributed by atoms with van der Waals surface area (Å²) in [5.74, 6) is 0. The Labute approximate surface area is 81.0 Å². The molecule has 0 aromatic rings. The molecule has 1 fully saturated rings. The number of nitrogens with zero attached hydrogens (tertiary/aromatic N) is 1. The largest absolute Gasteiger partial charge is 0.372 e. The molecule has 0 aromatic heterocycles. The normalized spacial score (nSPS) is 30.1. The molecule has 2 aliphatic rings. The van der Waals surface area contributed by atoms with Gasteiger partial charge in [0.05, 0.1) is 0 Å². The van der Waals surface area contributed by atoms with Crippen molar-refractivity contribution in [1.29, 1.82) is 0 Å². The van der Waals surface area contributed by atoms with E-state index >= 15 is 0 Å². The minimum atomic E-state index is 0.776. The lowest BCUT2D eigenvalue weighted by molar-refractivity contribution is 0.199. The molecule has 2 rings (SSSR count). The van der Waals surface area contributed by atoms with Gasteiger partial charge in [-0.05, 0) is 32.6 Å². The monoisotopic (exact) mass is 180 g/mol. The van der Waals surface area contributed by atoms with Crippen molar-refractivity contribution >= 4 is 0 Å². The predicted octanol–water partition coefficient (Wildman–Crippen LogP) is 1.74. The first-order valence-corrected chi connectivity index (χ1v) is 5.54. The summed E-state index contributed by atoms with van der Waals surface area (Å²) in [5.41, 5.74) is 1.59. The molecule has 2 nitrogen and oxygen atoms in total. The maximum Gasteiger partial charge on any atom is 0.0258 e. The number of piperidine rings is 1. The smallest absolute Gasteiger partial charge is 0.0258 e. The summed E-state index contributed by atoms with van der Waals surface area (Å²) in [4.78, 5) is 2.62. The summed E-state index contributed by atoms with van der Waals surface area (Å²) in [6.45, 7) is 5.88. The number of likely N-dealkylation sites (tertiary alicyclic amines) is 1. The number of rotatable bonds is 1. The van der Waals surface area contributed by atoms with Crippen LogP contribution in [0.15, 0.2) is 11.8 Å². The van der Waals surface area contributed by atoms with Crippen LogP contribution in [0.2, 0.25) is 0 Å². The summed E-state index contributed by atoms with van der Waals surface area (Å²) >= 11 is 0. The molecule has 2 heteroatoms. The topological polar surface area (TPSA) is 15.3 Å². The van der Waals surface area contributed by atoms with Crippen molar-refractivity contribution in [2.24, 2.45) is 0 Å². The van der Waals surface area contributed by atoms with Crippen LogP contribution in [0.1, 0.15) is 32.6 Å². The SMILES string of the molecule is CC1CCCCN1C1=CCNCC1. The second-order valence-electron chi connectivity index (χ2n) is 4.19. The number of hydrogen-bond acceptors (Lipinski definition) is 2. The molecule has 0 aliphatic carbocycles. The highest BCUT2D eigenvalue weighted by atomic mass is 15.2. The summed E-state index contributed by atoms with van der Waals surface area (Å²) < 4.78 is 0. The average molecular weight is 180 g/mol. The first-order chi connectivity index (χ1) is 6.38. The molecular weight excluding hydrogens is 160 g/mol. The number of nitrogens with one attached hydrogen (secondary N) is 1. The van der Waals surface area contributed by atoms with Gasteiger partial charge >= 0.3 is 0 Å². The van der Waals surface area contributed by atoms with Gasteiger partial charge in [0.2, 0.25) is 0 Å². The van der Waals surface area contributed by atoms with E-state index in [2.05, 4.69) is 23.2 Å². The van der Waals surface area contributed by atoms with Gasteiger partial charge in [0.25, 0.3) is 0 Å². The van der Waals surface area contributed by atoms with Gasteiger partial charge in [-0.15, -0.1) is 0 Å². The van der Waals surface area contributed by atoms with Gasteiger partial charge in [0.15, 0.2) is 0 Å². The Morgan fingerprint density at radius 1 is 1.46 bits per heavy atom. The molecule has 1 N–H and O–H groups in total. The Balaban J connectivity index is 2.00. The van der Waals surface area contributed by atoms with Crippen LogP contribution in [-0.4, -0.2) is 30.6 Å². The van der Waals surface area contributed by atoms with E-state index in [1.807, 2.05) is 0 Å². The van der Waals surface area contributed by atoms with E-state index in [-0.39, 0.29) is 0 Å².